The van der Waals surface area contributed by atoms with Crippen LogP contribution in [0.1, 0.15) is 0 Å². The number of fused-ring (bicyclic) bond motifs is 4. The average molecular weight is 689 g/mol. The summed E-state index contributed by atoms with van der Waals surface area (Å²) in [4.78, 5) is 2.44. The molecule has 2 heteroatoms. The fourth-order valence-electron chi connectivity index (χ4n) is 8.11. The predicted molar refractivity (Wildman–Crippen MR) is 229 cm³/mol. The monoisotopic (exact) mass is 688 g/mol. The number of para-hydroxylation sites is 4. The topological polar surface area (TPSA) is 8.17 Å². The summed E-state index contributed by atoms with van der Waals surface area (Å²) in [7, 11) is 0. The third-order valence-corrected chi connectivity index (χ3v) is 10.6. The average Bonchev–Trinajstić information content (AvgIpc) is 3.59. The van der Waals surface area contributed by atoms with Crippen molar-refractivity contribution in [1.82, 2.24) is 4.57 Å². The molecule has 0 saturated heterocycles. The van der Waals surface area contributed by atoms with Gasteiger partial charge in [-0.25, -0.2) is 0 Å². The number of rotatable bonds is 7. The molecule has 0 bridgehead atoms. The normalized spacial score (nSPS) is 11.3. The Morgan fingerprint density at radius 1 is 0.333 bits per heavy atom. The molecule has 0 fully saturated rings. The summed E-state index contributed by atoms with van der Waals surface area (Å²) in [5.41, 5.74) is 14.0. The van der Waals surface area contributed by atoms with Crippen molar-refractivity contribution in [3.8, 4) is 39.1 Å². The highest BCUT2D eigenvalue weighted by Crippen LogP contribution is 2.47. The summed E-state index contributed by atoms with van der Waals surface area (Å²) >= 11 is 0. The molecule has 254 valence electrons. The van der Waals surface area contributed by atoms with Crippen LogP contribution >= 0.6 is 0 Å². The molecule has 10 aromatic rings. The van der Waals surface area contributed by atoms with Gasteiger partial charge >= 0.3 is 0 Å². The van der Waals surface area contributed by atoms with Crippen molar-refractivity contribution in [2.45, 2.75) is 0 Å². The molecule has 1 heterocycles. The minimum Gasteiger partial charge on any atom is -0.309 e. The Morgan fingerprint density at radius 2 is 0.926 bits per heavy atom. The first-order chi connectivity index (χ1) is 26.8. The van der Waals surface area contributed by atoms with E-state index in [0.717, 1.165) is 28.3 Å². The highest BCUT2D eigenvalue weighted by atomic mass is 15.1. The molecule has 0 aliphatic carbocycles. The highest BCUT2D eigenvalue weighted by Gasteiger charge is 2.23. The molecule has 0 atom stereocenters. The lowest BCUT2D eigenvalue weighted by Gasteiger charge is -2.29. The molecule has 0 radical (unpaired) electrons. The molecular weight excluding hydrogens is 653 g/mol. The van der Waals surface area contributed by atoms with Crippen LogP contribution < -0.4 is 4.90 Å². The summed E-state index contributed by atoms with van der Waals surface area (Å²) in [5.74, 6) is 0. The second kappa shape index (κ2) is 13.4. The van der Waals surface area contributed by atoms with E-state index in [-0.39, 0.29) is 0 Å². The summed E-state index contributed by atoms with van der Waals surface area (Å²) in [6.45, 7) is 0. The van der Waals surface area contributed by atoms with E-state index in [1.54, 1.807) is 0 Å². The van der Waals surface area contributed by atoms with Crippen LogP contribution in [0.25, 0.3) is 71.6 Å². The van der Waals surface area contributed by atoms with E-state index in [4.69, 9.17) is 0 Å². The van der Waals surface area contributed by atoms with Gasteiger partial charge in [-0.2, -0.15) is 0 Å². The van der Waals surface area contributed by atoms with Gasteiger partial charge in [0, 0.05) is 27.6 Å². The fourth-order valence-corrected chi connectivity index (χ4v) is 8.11. The first kappa shape index (κ1) is 31.6. The van der Waals surface area contributed by atoms with E-state index in [0.29, 0.717) is 0 Å². The molecule has 10 rings (SSSR count). The Balaban J connectivity index is 1.21. The lowest BCUT2D eigenvalue weighted by atomic mass is 9.97. The van der Waals surface area contributed by atoms with Crippen LogP contribution in [-0.2, 0) is 0 Å². The van der Waals surface area contributed by atoms with Crippen LogP contribution in [0.15, 0.2) is 218 Å². The molecule has 0 spiro atoms. The second-order valence-corrected chi connectivity index (χ2v) is 13.7. The maximum absolute atomic E-state index is 2.46. The largest absolute Gasteiger partial charge is 0.309 e. The van der Waals surface area contributed by atoms with Gasteiger partial charge in [-0.1, -0.05) is 164 Å². The lowest BCUT2D eigenvalue weighted by Crippen LogP contribution is -2.11. The lowest BCUT2D eigenvalue weighted by molar-refractivity contribution is 1.18. The van der Waals surface area contributed by atoms with Crippen LogP contribution in [0.3, 0.4) is 0 Å². The third-order valence-electron chi connectivity index (χ3n) is 10.6. The summed E-state index contributed by atoms with van der Waals surface area (Å²) in [6.07, 6.45) is 0. The fraction of sp³-hybridized carbons (Fsp3) is 0. The molecule has 0 amide bonds. The Hall–Kier alpha value is -7.16. The maximum Gasteiger partial charge on any atom is 0.0562 e. The second-order valence-electron chi connectivity index (χ2n) is 13.7. The van der Waals surface area contributed by atoms with Crippen LogP contribution in [0.4, 0.5) is 17.1 Å². The minimum atomic E-state index is 1.10. The van der Waals surface area contributed by atoms with Gasteiger partial charge in [-0.15, -0.1) is 0 Å². The van der Waals surface area contributed by atoms with Crippen molar-refractivity contribution in [2.24, 2.45) is 0 Å². The first-order valence-corrected chi connectivity index (χ1v) is 18.5. The molecular formula is C52H36N2. The number of aromatic nitrogens is 1. The van der Waals surface area contributed by atoms with Crippen molar-refractivity contribution < 1.29 is 0 Å². The molecule has 9 aromatic carbocycles. The van der Waals surface area contributed by atoms with Crippen LogP contribution in [0, 0.1) is 0 Å². The molecule has 0 N–H and O–H groups in total. The van der Waals surface area contributed by atoms with E-state index in [1.807, 2.05) is 0 Å². The molecule has 1 aromatic heterocycles. The van der Waals surface area contributed by atoms with Crippen LogP contribution in [0.5, 0.6) is 0 Å². The zero-order chi connectivity index (χ0) is 35.8. The van der Waals surface area contributed by atoms with Crippen molar-refractivity contribution >= 4 is 49.6 Å². The van der Waals surface area contributed by atoms with Gasteiger partial charge in [0.05, 0.1) is 28.1 Å². The molecule has 0 aliphatic rings. The van der Waals surface area contributed by atoms with E-state index in [9.17, 15) is 0 Å². The van der Waals surface area contributed by atoms with Crippen molar-refractivity contribution in [2.75, 3.05) is 4.90 Å². The number of hydrogen-bond donors (Lipinski definition) is 0. The number of hydrogen-bond acceptors (Lipinski definition) is 1. The van der Waals surface area contributed by atoms with Crippen LogP contribution in [0.2, 0.25) is 0 Å². The van der Waals surface area contributed by atoms with Gasteiger partial charge in [-0.3, -0.25) is 0 Å². The van der Waals surface area contributed by atoms with Gasteiger partial charge in [0.2, 0.25) is 0 Å². The van der Waals surface area contributed by atoms with E-state index >= 15 is 0 Å². The molecule has 54 heavy (non-hydrogen) atoms. The molecule has 0 unspecified atom stereocenters. The van der Waals surface area contributed by atoms with Gasteiger partial charge in [0.1, 0.15) is 0 Å². The smallest absolute Gasteiger partial charge is 0.0562 e. The number of benzene rings is 9. The highest BCUT2D eigenvalue weighted by molar-refractivity contribution is 6.17. The summed E-state index contributed by atoms with van der Waals surface area (Å²) in [6, 6.07) is 78.9. The maximum atomic E-state index is 2.46. The van der Waals surface area contributed by atoms with Gasteiger partial charge in [0.15, 0.2) is 0 Å². The Morgan fingerprint density at radius 3 is 1.80 bits per heavy atom. The quantitative estimate of drug-likeness (QED) is 0.162. The van der Waals surface area contributed by atoms with Crippen LogP contribution in [-0.4, -0.2) is 4.57 Å². The summed E-state index contributed by atoms with van der Waals surface area (Å²) in [5, 5.41) is 4.90. The minimum absolute atomic E-state index is 1.10. The van der Waals surface area contributed by atoms with Crippen molar-refractivity contribution in [3.05, 3.63) is 218 Å². The SMILES string of the molecule is c1ccc(-c2cccc(-c3ccccc3N(c3ccccc3)c3cccc4c3c3ccccc3n4-c3ccccc3-c3ccc4ccccc4c3)c2)cc1. The van der Waals surface area contributed by atoms with Gasteiger partial charge in [-0.05, 0) is 87.6 Å². The Labute approximate surface area is 315 Å². The van der Waals surface area contributed by atoms with E-state index < -0.39 is 0 Å². The number of anilines is 3. The van der Waals surface area contributed by atoms with Crippen molar-refractivity contribution in [3.63, 3.8) is 0 Å². The molecule has 2 nitrogen and oxygen atoms in total. The van der Waals surface area contributed by atoms with E-state index in [1.165, 1.54) is 60.4 Å². The standard InChI is InChI=1S/C52H36N2/c1-3-17-37(18-4-1)40-21-15-22-41(35-40)44-25-9-12-28-47(44)53(43-23-5-2-6-24-43)50-31-16-32-51-52(50)46-27-11-14-30-49(46)54(51)48-29-13-10-26-45(48)42-34-33-38-19-7-8-20-39(38)36-42/h1-36H. The Bertz CT molecular complexity index is 2940. The summed E-state index contributed by atoms with van der Waals surface area (Å²) < 4.78 is 2.46. The van der Waals surface area contributed by atoms with Gasteiger partial charge < -0.3 is 9.47 Å². The molecule has 0 aliphatic heterocycles. The van der Waals surface area contributed by atoms with Crippen molar-refractivity contribution in [1.29, 1.82) is 0 Å². The Kier molecular flexibility index (Phi) is 7.85. The van der Waals surface area contributed by atoms with E-state index in [2.05, 4.69) is 228 Å². The first-order valence-electron chi connectivity index (χ1n) is 18.5. The predicted octanol–water partition coefficient (Wildman–Crippen LogP) is 14.4. The molecule has 0 saturated carbocycles. The zero-order valence-electron chi connectivity index (χ0n) is 29.7. The zero-order valence-corrected chi connectivity index (χ0v) is 29.7. The number of nitrogens with zero attached hydrogens (tertiary/aromatic N) is 2. The van der Waals surface area contributed by atoms with Gasteiger partial charge in [0.25, 0.3) is 0 Å². The third kappa shape index (κ3) is 5.44.